The van der Waals surface area contributed by atoms with E-state index in [-0.39, 0.29) is 11.3 Å². The largest absolute Gasteiger partial charge is 0.398 e. The summed E-state index contributed by atoms with van der Waals surface area (Å²) < 4.78 is 13.0. The Balaban J connectivity index is 2.21. The van der Waals surface area contributed by atoms with E-state index in [9.17, 15) is 9.18 Å². The third-order valence-electron chi connectivity index (χ3n) is 2.25. The normalized spacial score (nSPS) is 10.1. The van der Waals surface area contributed by atoms with Gasteiger partial charge < -0.3 is 11.1 Å². The van der Waals surface area contributed by atoms with E-state index in [2.05, 4.69) is 10.3 Å². The second kappa shape index (κ2) is 5.01. The molecule has 0 unspecified atom stereocenters. The predicted octanol–water partition coefficient (Wildman–Crippen LogP) is 2.71. The molecule has 2 aromatic rings. The molecular weight excluding hydrogens is 257 g/mol. The van der Waals surface area contributed by atoms with Crippen LogP contribution in [0.1, 0.15) is 10.4 Å². The van der Waals surface area contributed by atoms with E-state index in [1.54, 1.807) is 6.07 Å². The minimum Gasteiger partial charge on any atom is -0.398 e. The second-order valence-electron chi connectivity index (χ2n) is 3.56. The quantitative estimate of drug-likeness (QED) is 0.648. The zero-order chi connectivity index (χ0) is 13.1. The number of halogens is 2. The zero-order valence-corrected chi connectivity index (χ0v) is 9.91. The number of nitrogens with two attached hydrogens (primary N) is 1. The Hall–Kier alpha value is -2.14. The molecule has 0 aliphatic carbocycles. The molecule has 1 heterocycles. The van der Waals surface area contributed by atoms with Gasteiger partial charge in [-0.15, -0.1) is 0 Å². The van der Waals surface area contributed by atoms with Crippen molar-refractivity contribution in [3.8, 4) is 0 Å². The first-order valence-electron chi connectivity index (χ1n) is 5.04. The molecule has 6 heteroatoms. The molecule has 0 spiro atoms. The molecule has 1 aromatic carbocycles. The Morgan fingerprint density at radius 2 is 2.11 bits per heavy atom. The number of pyridine rings is 1. The highest BCUT2D eigenvalue weighted by Crippen LogP contribution is 2.16. The number of hydrogen-bond acceptors (Lipinski definition) is 3. The van der Waals surface area contributed by atoms with Crippen molar-refractivity contribution < 1.29 is 9.18 Å². The number of carbonyl (C=O) groups excluding carboxylic acids is 1. The molecule has 3 N–H and O–H groups in total. The van der Waals surface area contributed by atoms with Crippen LogP contribution < -0.4 is 11.1 Å². The summed E-state index contributed by atoms with van der Waals surface area (Å²) in [6.07, 6.45) is 1.40. The maximum atomic E-state index is 13.0. The summed E-state index contributed by atoms with van der Waals surface area (Å²) in [6, 6.07) is 6.73. The van der Waals surface area contributed by atoms with Crippen LogP contribution >= 0.6 is 11.6 Å². The van der Waals surface area contributed by atoms with E-state index in [4.69, 9.17) is 17.3 Å². The number of carbonyl (C=O) groups is 1. The van der Waals surface area contributed by atoms with Gasteiger partial charge in [0.2, 0.25) is 0 Å². The molecule has 0 radical (unpaired) electrons. The first kappa shape index (κ1) is 12.3. The Labute approximate surface area is 108 Å². The highest BCUT2D eigenvalue weighted by Gasteiger charge is 2.11. The Kier molecular flexibility index (Phi) is 3.43. The van der Waals surface area contributed by atoms with Gasteiger partial charge in [0.15, 0.2) is 0 Å². The maximum Gasteiger partial charge on any atom is 0.257 e. The Morgan fingerprint density at radius 3 is 2.78 bits per heavy atom. The number of benzene rings is 1. The summed E-state index contributed by atoms with van der Waals surface area (Å²) in [6.45, 7) is 0. The molecule has 18 heavy (non-hydrogen) atoms. The average Bonchev–Trinajstić information content (AvgIpc) is 2.35. The van der Waals surface area contributed by atoms with Gasteiger partial charge in [0.25, 0.3) is 5.91 Å². The monoisotopic (exact) mass is 265 g/mol. The lowest BCUT2D eigenvalue weighted by Gasteiger charge is -2.07. The molecule has 0 saturated carbocycles. The van der Waals surface area contributed by atoms with Crippen LogP contribution in [0.5, 0.6) is 0 Å². The van der Waals surface area contributed by atoms with Gasteiger partial charge in [-0.25, -0.2) is 9.37 Å². The summed E-state index contributed by atoms with van der Waals surface area (Å²) in [5, 5.41) is 2.86. The van der Waals surface area contributed by atoms with E-state index >= 15 is 0 Å². The van der Waals surface area contributed by atoms with Crippen LogP contribution in [0.15, 0.2) is 36.5 Å². The van der Waals surface area contributed by atoms with Gasteiger partial charge >= 0.3 is 0 Å². The van der Waals surface area contributed by atoms with E-state index < -0.39 is 11.7 Å². The molecule has 92 valence electrons. The highest BCUT2D eigenvalue weighted by atomic mass is 35.5. The Morgan fingerprint density at radius 1 is 1.33 bits per heavy atom. The van der Waals surface area contributed by atoms with Crippen LogP contribution in [0.3, 0.4) is 0 Å². The summed E-state index contributed by atoms with van der Waals surface area (Å²) in [5.74, 6) is -1.03. The summed E-state index contributed by atoms with van der Waals surface area (Å²) >= 11 is 5.62. The molecule has 0 atom stereocenters. The number of amides is 1. The molecule has 1 aromatic heterocycles. The number of nitrogens with one attached hydrogen (secondary N) is 1. The van der Waals surface area contributed by atoms with Crippen molar-refractivity contribution in [3.63, 3.8) is 0 Å². The van der Waals surface area contributed by atoms with E-state index in [1.807, 2.05) is 0 Å². The molecule has 0 fully saturated rings. The van der Waals surface area contributed by atoms with Crippen molar-refractivity contribution in [1.82, 2.24) is 4.98 Å². The van der Waals surface area contributed by atoms with Crippen LogP contribution in [0.2, 0.25) is 5.15 Å². The number of rotatable bonds is 2. The van der Waals surface area contributed by atoms with Crippen molar-refractivity contribution in [3.05, 3.63) is 53.1 Å². The lowest BCUT2D eigenvalue weighted by atomic mass is 10.1. The number of nitrogen functional groups attached to an aromatic ring is 1. The summed E-state index contributed by atoms with van der Waals surface area (Å²) in [5.41, 5.74) is 6.33. The molecule has 0 aliphatic rings. The van der Waals surface area contributed by atoms with Gasteiger partial charge in [-0.1, -0.05) is 11.6 Å². The molecule has 1 amide bonds. The van der Waals surface area contributed by atoms with Crippen molar-refractivity contribution in [2.75, 3.05) is 11.1 Å². The average molecular weight is 266 g/mol. The Bertz CT molecular complexity index is 586. The summed E-state index contributed by atoms with van der Waals surface area (Å²) in [7, 11) is 0. The third-order valence-corrected chi connectivity index (χ3v) is 2.47. The molecular formula is C12H9ClFN3O. The number of hydrogen-bond donors (Lipinski definition) is 2. The van der Waals surface area contributed by atoms with E-state index in [0.29, 0.717) is 10.8 Å². The zero-order valence-electron chi connectivity index (χ0n) is 9.15. The fraction of sp³-hybridized carbons (Fsp3) is 0. The van der Waals surface area contributed by atoms with Crippen molar-refractivity contribution in [2.24, 2.45) is 0 Å². The lowest BCUT2D eigenvalue weighted by molar-refractivity contribution is 0.102. The van der Waals surface area contributed by atoms with Gasteiger partial charge in [-0.3, -0.25) is 4.79 Å². The molecule has 2 rings (SSSR count). The maximum absolute atomic E-state index is 13.0. The minimum atomic E-state index is -0.524. The van der Waals surface area contributed by atoms with Crippen LogP contribution in [0, 0.1) is 5.82 Å². The predicted molar refractivity (Wildman–Crippen MR) is 68.0 cm³/mol. The van der Waals surface area contributed by atoms with Crippen LogP contribution in [0.4, 0.5) is 15.8 Å². The third kappa shape index (κ3) is 2.75. The van der Waals surface area contributed by atoms with Crippen molar-refractivity contribution in [1.29, 1.82) is 0 Å². The second-order valence-corrected chi connectivity index (χ2v) is 3.94. The topological polar surface area (TPSA) is 68.0 Å². The SMILES string of the molecule is Nc1ccc(F)cc1C(=O)Nc1ccc(Cl)nc1. The van der Waals surface area contributed by atoms with Gasteiger partial charge in [0.1, 0.15) is 11.0 Å². The molecule has 4 nitrogen and oxygen atoms in total. The van der Waals surface area contributed by atoms with E-state index in [0.717, 1.165) is 6.07 Å². The van der Waals surface area contributed by atoms with Gasteiger partial charge in [-0.2, -0.15) is 0 Å². The number of nitrogens with zero attached hydrogens (tertiary/aromatic N) is 1. The highest BCUT2D eigenvalue weighted by molar-refractivity contribution is 6.29. The smallest absolute Gasteiger partial charge is 0.257 e. The number of anilines is 2. The van der Waals surface area contributed by atoms with Crippen LogP contribution in [-0.4, -0.2) is 10.9 Å². The molecule has 0 aliphatic heterocycles. The minimum absolute atomic E-state index is 0.0740. The lowest BCUT2D eigenvalue weighted by Crippen LogP contribution is -2.14. The van der Waals surface area contributed by atoms with Gasteiger partial charge in [-0.05, 0) is 30.3 Å². The fourth-order valence-corrected chi connectivity index (χ4v) is 1.49. The standard InChI is InChI=1S/C12H9ClFN3O/c13-11-4-2-8(6-16-11)17-12(18)9-5-7(14)1-3-10(9)15/h1-6H,15H2,(H,17,18). The van der Waals surface area contributed by atoms with Gasteiger partial charge in [0.05, 0.1) is 17.4 Å². The molecule has 0 saturated heterocycles. The fourth-order valence-electron chi connectivity index (χ4n) is 1.37. The first-order chi connectivity index (χ1) is 8.56. The first-order valence-corrected chi connectivity index (χ1v) is 5.42. The van der Waals surface area contributed by atoms with Gasteiger partial charge in [0, 0.05) is 5.69 Å². The van der Waals surface area contributed by atoms with E-state index in [1.165, 1.54) is 24.4 Å². The van der Waals surface area contributed by atoms with Crippen molar-refractivity contribution in [2.45, 2.75) is 0 Å². The summed E-state index contributed by atoms with van der Waals surface area (Å²) in [4.78, 5) is 15.7. The van der Waals surface area contributed by atoms with Crippen molar-refractivity contribution >= 4 is 28.9 Å². The van der Waals surface area contributed by atoms with Crippen LogP contribution in [-0.2, 0) is 0 Å². The van der Waals surface area contributed by atoms with Crippen LogP contribution in [0.25, 0.3) is 0 Å². The number of aromatic nitrogens is 1. The molecule has 0 bridgehead atoms.